The van der Waals surface area contributed by atoms with E-state index < -0.39 is 46.9 Å². The van der Waals surface area contributed by atoms with Crippen LogP contribution in [-0.2, 0) is 39.8 Å². The number of halogens is 4. The number of nitrogens with one attached hydrogen (secondary N) is 3. The van der Waals surface area contributed by atoms with E-state index in [2.05, 4.69) is 15.6 Å². The fourth-order valence-corrected chi connectivity index (χ4v) is 5.41. The second-order valence-electron chi connectivity index (χ2n) is 9.53. The molecule has 2 unspecified atom stereocenters. The lowest BCUT2D eigenvalue weighted by molar-refractivity contribution is -0.148. The van der Waals surface area contributed by atoms with E-state index in [0.717, 1.165) is 6.07 Å². The van der Waals surface area contributed by atoms with Crippen molar-refractivity contribution < 1.29 is 37.1 Å². The number of rotatable bonds is 9. The van der Waals surface area contributed by atoms with Crippen molar-refractivity contribution in [3.8, 4) is 0 Å². The number of carboxylic acids is 1. The van der Waals surface area contributed by atoms with Gasteiger partial charge in [-0.05, 0) is 54.5 Å². The van der Waals surface area contributed by atoms with Crippen LogP contribution in [0.2, 0.25) is 0 Å². The summed E-state index contributed by atoms with van der Waals surface area (Å²) in [4.78, 5) is 41.3. The molecular weight excluding hydrogens is 538 g/mol. The van der Waals surface area contributed by atoms with Gasteiger partial charge in [-0.1, -0.05) is 30.3 Å². The average Bonchev–Trinajstić information content (AvgIpc) is 3.24. The summed E-state index contributed by atoms with van der Waals surface area (Å²) in [5, 5.41) is 15.6. The first-order valence-corrected chi connectivity index (χ1v) is 13.6. The highest BCUT2D eigenvalue weighted by Gasteiger charge is 2.45. The summed E-state index contributed by atoms with van der Waals surface area (Å²) in [6.07, 6.45) is -3.10. The number of hydrogen-bond donors (Lipinski definition) is 4. The first kappa shape index (κ1) is 28.5. The van der Waals surface area contributed by atoms with Crippen LogP contribution in [0.3, 0.4) is 0 Å². The molecule has 0 saturated heterocycles. The molecule has 2 amide bonds. The Morgan fingerprint density at radius 2 is 1.90 bits per heavy atom. The normalized spacial score (nSPS) is 17.9. The molecule has 12 heteroatoms. The van der Waals surface area contributed by atoms with Crippen LogP contribution >= 0.6 is 11.8 Å². The van der Waals surface area contributed by atoms with Crippen molar-refractivity contribution in [2.75, 3.05) is 12.0 Å². The number of benzene rings is 2. The number of fused-ring (bicyclic) bond motifs is 3. The predicted molar refractivity (Wildman–Crippen MR) is 139 cm³/mol. The van der Waals surface area contributed by atoms with Gasteiger partial charge in [-0.15, -0.1) is 0 Å². The highest BCUT2D eigenvalue weighted by Crippen LogP contribution is 2.40. The molecule has 4 N–H and O–H groups in total. The Labute approximate surface area is 225 Å². The van der Waals surface area contributed by atoms with E-state index in [0.29, 0.717) is 17.0 Å². The van der Waals surface area contributed by atoms with Crippen molar-refractivity contribution in [2.24, 2.45) is 0 Å². The summed E-state index contributed by atoms with van der Waals surface area (Å²) >= 11 is 1.43. The second-order valence-corrected chi connectivity index (χ2v) is 10.5. The van der Waals surface area contributed by atoms with Gasteiger partial charge in [0.05, 0.1) is 17.5 Å². The first-order valence-electron chi connectivity index (χ1n) is 12.2. The van der Waals surface area contributed by atoms with Crippen molar-refractivity contribution in [3.63, 3.8) is 0 Å². The number of aliphatic carboxylic acids is 1. The third-order valence-corrected chi connectivity index (χ3v) is 7.60. The molecule has 3 aromatic rings. The van der Waals surface area contributed by atoms with Crippen LogP contribution in [0.1, 0.15) is 35.2 Å². The van der Waals surface area contributed by atoms with E-state index >= 15 is 0 Å². The molecule has 0 fully saturated rings. The van der Waals surface area contributed by atoms with Gasteiger partial charge >= 0.3 is 12.1 Å². The molecule has 1 heterocycles. The molecule has 1 aliphatic carbocycles. The number of alkyl halides is 3. The minimum absolute atomic E-state index is 0.0618. The van der Waals surface area contributed by atoms with Gasteiger partial charge in [0.1, 0.15) is 17.4 Å². The van der Waals surface area contributed by atoms with Crippen molar-refractivity contribution >= 4 is 40.4 Å². The van der Waals surface area contributed by atoms with E-state index in [4.69, 9.17) is 0 Å². The summed E-state index contributed by atoms with van der Waals surface area (Å²) in [7, 11) is 0. The van der Waals surface area contributed by atoms with Gasteiger partial charge in [-0.25, -0.2) is 9.18 Å². The quantitative estimate of drug-likeness (QED) is 0.290. The molecule has 0 saturated carbocycles. The van der Waals surface area contributed by atoms with Crippen molar-refractivity contribution in [3.05, 3.63) is 70.7 Å². The number of carbonyl (C=O) groups excluding carboxylic acids is 2. The van der Waals surface area contributed by atoms with Crippen LogP contribution in [-0.4, -0.2) is 51.5 Å². The molecule has 7 nitrogen and oxygen atoms in total. The molecule has 0 bridgehead atoms. The highest BCUT2D eigenvalue weighted by molar-refractivity contribution is 7.98. The maximum Gasteiger partial charge on any atom is 0.418 e. The van der Waals surface area contributed by atoms with E-state index in [1.807, 2.05) is 6.26 Å². The van der Waals surface area contributed by atoms with E-state index in [9.17, 15) is 37.1 Å². The third-order valence-electron chi connectivity index (χ3n) is 6.96. The first-order chi connectivity index (χ1) is 18.4. The fourth-order valence-electron chi connectivity index (χ4n) is 4.94. The Balaban J connectivity index is 1.58. The van der Waals surface area contributed by atoms with Crippen LogP contribution in [0.15, 0.2) is 42.5 Å². The molecule has 0 aliphatic heterocycles. The topological polar surface area (TPSA) is 111 Å². The summed E-state index contributed by atoms with van der Waals surface area (Å²) in [6, 6.07) is 8.37. The standard InChI is InChI=1S/C27H27F4N3O4S/c1-39-12-10-21(32-22(35)13-15-5-2-3-8-19(15)28)24(36)34-26(25(37)38)11-9-20-17(14-26)16-6-4-7-18(23(16)33-20)27(29,30)31/h2-8,21,33H,9-14H2,1H3,(H,32,35)(H,34,36)(H,37,38). The summed E-state index contributed by atoms with van der Waals surface area (Å²) < 4.78 is 54.7. The summed E-state index contributed by atoms with van der Waals surface area (Å²) in [5.41, 5.74) is -1.73. The zero-order valence-corrected chi connectivity index (χ0v) is 21.8. The monoisotopic (exact) mass is 565 g/mol. The Hall–Kier alpha value is -3.54. The number of H-pyrrole nitrogens is 1. The summed E-state index contributed by atoms with van der Waals surface area (Å²) in [6.45, 7) is 0. The number of hydrogen-bond acceptors (Lipinski definition) is 4. The molecule has 2 aromatic carbocycles. The van der Waals surface area contributed by atoms with Gasteiger partial charge in [-0.2, -0.15) is 24.9 Å². The molecule has 39 heavy (non-hydrogen) atoms. The van der Waals surface area contributed by atoms with Crippen LogP contribution < -0.4 is 10.6 Å². The second kappa shape index (κ2) is 11.3. The van der Waals surface area contributed by atoms with Gasteiger partial charge < -0.3 is 20.7 Å². The molecule has 1 aromatic heterocycles. The van der Waals surface area contributed by atoms with E-state index in [1.165, 1.54) is 42.1 Å². The minimum atomic E-state index is -4.60. The maximum atomic E-state index is 14.0. The number of thioether (sulfide) groups is 1. The summed E-state index contributed by atoms with van der Waals surface area (Å²) in [5.74, 6) is -2.75. The minimum Gasteiger partial charge on any atom is -0.479 e. The van der Waals surface area contributed by atoms with Gasteiger partial charge in [-0.3, -0.25) is 9.59 Å². The fraction of sp³-hybridized carbons (Fsp3) is 0.370. The van der Waals surface area contributed by atoms with E-state index in [1.54, 1.807) is 6.07 Å². The van der Waals surface area contributed by atoms with Crippen LogP contribution in [0, 0.1) is 5.82 Å². The lowest BCUT2D eigenvalue weighted by Gasteiger charge is -2.35. The molecule has 4 rings (SSSR count). The highest BCUT2D eigenvalue weighted by atomic mass is 32.2. The number of aromatic amines is 1. The van der Waals surface area contributed by atoms with E-state index in [-0.39, 0.29) is 48.6 Å². The zero-order valence-electron chi connectivity index (χ0n) is 21.0. The molecule has 208 valence electrons. The largest absolute Gasteiger partial charge is 0.479 e. The van der Waals surface area contributed by atoms with Gasteiger partial charge in [0.25, 0.3) is 0 Å². The molecule has 0 radical (unpaired) electrons. The Kier molecular flexibility index (Phi) is 8.24. The maximum absolute atomic E-state index is 14.0. The van der Waals surface area contributed by atoms with Crippen molar-refractivity contribution in [2.45, 2.75) is 49.9 Å². The number of amides is 2. The average molecular weight is 566 g/mol. The van der Waals surface area contributed by atoms with Gasteiger partial charge in [0.15, 0.2) is 0 Å². The number of carboxylic acid groups (broad SMARTS) is 1. The van der Waals surface area contributed by atoms with Crippen LogP contribution in [0.4, 0.5) is 17.6 Å². The van der Waals surface area contributed by atoms with Gasteiger partial charge in [0, 0.05) is 17.5 Å². The SMILES string of the molecule is CSCCC(NC(=O)Cc1ccccc1F)C(=O)NC1(C(=O)O)CCc2[nH]c3c(C(F)(F)F)cccc3c2C1. The number of para-hydroxylation sites is 1. The number of aromatic nitrogens is 1. The van der Waals surface area contributed by atoms with Crippen molar-refractivity contribution in [1.82, 2.24) is 15.6 Å². The number of aryl methyl sites for hydroxylation is 1. The van der Waals surface area contributed by atoms with Gasteiger partial charge in [0.2, 0.25) is 11.8 Å². The smallest absolute Gasteiger partial charge is 0.418 e. The lowest BCUT2D eigenvalue weighted by Crippen LogP contribution is -2.61. The van der Waals surface area contributed by atoms with Crippen LogP contribution in [0.5, 0.6) is 0 Å². The predicted octanol–water partition coefficient (Wildman–Crippen LogP) is 4.23. The Bertz CT molecular complexity index is 1410. The lowest BCUT2D eigenvalue weighted by atomic mass is 9.79. The Morgan fingerprint density at radius 1 is 1.15 bits per heavy atom. The molecule has 0 spiro atoms. The zero-order chi connectivity index (χ0) is 28.4. The molecular formula is C27H27F4N3O4S. The Morgan fingerprint density at radius 3 is 2.56 bits per heavy atom. The van der Waals surface area contributed by atoms with Crippen molar-refractivity contribution in [1.29, 1.82) is 0 Å². The molecule has 2 atom stereocenters. The number of carbonyl (C=O) groups is 3. The molecule has 1 aliphatic rings. The third kappa shape index (κ3) is 6.05. The van der Waals surface area contributed by atoms with Crippen LogP contribution in [0.25, 0.3) is 10.9 Å².